The van der Waals surface area contributed by atoms with Crippen molar-refractivity contribution in [3.05, 3.63) is 29.8 Å². The molecule has 2 N–H and O–H groups in total. The quantitative estimate of drug-likeness (QED) is 0.844. The van der Waals surface area contributed by atoms with Gasteiger partial charge in [0.25, 0.3) is 5.91 Å². The highest BCUT2D eigenvalue weighted by molar-refractivity contribution is 5.95. The topological polar surface area (TPSA) is 75.6 Å². The van der Waals surface area contributed by atoms with Crippen LogP contribution in [0.1, 0.15) is 49.4 Å². The molecule has 1 aromatic rings. The monoisotopic (exact) mass is 291 g/mol. The largest absolute Gasteiger partial charge is 0.494 e. The second-order valence-electron chi connectivity index (χ2n) is 5.47. The number of hydrogen-bond donors (Lipinski definition) is 2. The van der Waals surface area contributed by atoms with Crippen LogP contribution in [-0.4, -0.2) is 29.1 Å². The smallest absolute Gasteiger partial charge is 0.305 e. The molecule has 1 amide bonds. The fourth-order valence-electron chi connectivity index (χ4n) is 2.89. The molecule has 1 aliphatic rings. The van der Waals surface area contributed by atoms with Crippen LogP contribution < -0.4 is 10.1 Å². The Hall–Kier alpha value is -2.04. The second kappa shape index (κ2) is 6.61. The lowest BCUT2D eigenvalue weighted by atomic mass is 9.92. The summed E-state index contributed by atoms with van der Waals surface area (Å²) in [5.74, 6) is -0.469. The van der Waals surface area contributed by atoms with Crippen LogP contribution in [0.4, 0.5) is 0 Å². The van der Waals surface area contributed by atoms with Crippen LogP contribution >= 0.6 is 0 Å². The minimum absolute atomic E-state index is 0.0239. The Labute approximate surface area is 124 Å². The first-order valence-electron chi connectivity index (χ1n) is 7.32. The number of ether oxygens (including phenoxy) is 1. The highest BCUT2D eigenvalue weighted by Crippen LogP contribution is 2.33. The van der Waals surface area contributed by atoms with Crippen LogP contribution in [0.5, 0.6) is 5.75 Å². The van der Waals surface area contributed by atoms with Gasteiger partial charge in [-0.1, -0.05) is 18.9 Å². The van der Waals surface area contributed by atoms with Gasteiger partial charge in [-0.2, -0.15) is 0 Å². The summed E-state index contributed by atoms with van der Waals surface area (Å²) in [6.45, 7) is 2.42. The highest BCUT2D eigenvalue weighted by atomic mass is 16.5. The molecule has 0 atom stereocenters. The van der Waals surface area contributed by atoms with Crippen molar-refractivity contribution < 1.29 is 19.4 Å². The lowest BCUT2D eigenvalue weighted by Gasteiger charge is -2.28. The summed E-state index contributed by atoms with van der Waals surface area (Å²) in [6.07, 6.45) is 3.31. The van der Waals surface area contributed by atoms with Gasteiger partial charge in [0.15, 0.2) is 0 Å². The summed E-state index contributed by atoms with van der Waals surface area (Å²) >= 11 is 0. The number of carboxylic acid groups (broad SMARTS) is 1. The van der Waals surface area contributed by atoms with Gasteiger partial charge in [0.05, 0.1) is 18.6 Å². The first kappa shape index (κ1) is 15.4. The predicted molar refractivity (Wildman–Crippen MR) is 78.5 cm³/mol. The number of hydrogen-bond acceptors (Lipinski definition) is 3. The Kier molecular flexibility index (Phi) is 4.83. The third-order valence-electron chi connectivity index (χ3n) is 3.84. The third-order valence-corrected chi connectivity index (χ3v) is 3.84. The number of nitrogens with one attached hydrogen (secondary N) is 1. The zero-order chi connectivity index (χ0) is 15.3. The lowest BCUT2D eigenvalue weighted by Crippen LogP contribution is -2.47. The van der Waals surface area contributed by atoms with E-state index in [0.717, 1.165) is 25.7 Å². The van der Waals surface area contributed by atoms with Gasteiger partial charge in [-0.25, -0.2) is 0 Å². The lowest BCUT2D eigenvalue weighted by molar-refractivity contribution is -0.138. The van der Waals surface area contributed by atoms with E-state index in [-0.39, 0.29) is 12.3 Å². The molecule has 0 saturated heterocycles. The van der Waals surface area contributed by atoms with Crippen LogP contribution in [0, 0.1) is 0 Å². The molecule has 5 heteroatoms. The van der Waals surface area contributed by atoms with Crippen molar-refractivity contribution >= 4 is 11.9 Å². The molecule has 1 aromatic carbocycles. The van der Waals surface area contributed by atoms with Gasteiger partial charge in [-0.15, -0.1) is 0 Å². The molecule has 0 unspecified atom stereocenters. The molecule has 0 radical (unpaired) electrons. The first-order chi connectivity index (χ1) is 10.0. The summed E-state index contributed by atoms with van der Waals surface area (Å²) in [6, 6.07) is 6.95. The highest BCUT2D eigenvalue weighted by Gasteiger charge is 2.37. The summed E-state index contributed by atoms with van der Waals surface area (Å²) in [7, 11) is 0. The predicted octanol–water partition coefficient (Wildman–Crippen LogP) is 2.60. The van der Waals surface area contributed by atoms with Crippen molar-refractivity contribution in [1.29, 1.82) is 0 Å². The molecule has 1 saturated carbocycles. The number of carbonyl (C=O) groups is 2. The average molecular weight is 291 g/mol. The van der Waals surface area contributed by atoms with E-state index < -0.39 is 11.5 Å². The van der Waals surface area contributed by atoms with Crippen LogP contribution in [0.2, 0.25) is 0 Å². The molecule has 5 nitrogen and oxygen atoms in total. The van der Waals surface area contributed by atoms with Gasteiger partial charge >= 0.3 is 5.97 Å². The van der Waals surface area contributed by atoms with Crippen molar-refractivity contribution in [1.82, 2.24) is 5.32 Å². The molecule has 0 bridgehead atoms. The Balaban J connectivity index is 2.11. The van der Waals surface area contributed by atoms with E-state index in [1.54, 1.807) is 24.3 Å². The SMILES string of the molecule is CCOc1cccc(C(=O)NC2(CC(=O)O)CCCC2)c1. The van der Waals surface area contributed by atoms with Gasteiger partial charge in [0.2, 0.25) is 0 Å². The van der Waals surface area contributed by atoms with E-state index in [1.807, 2.05) is 6.92 Å². The Morgan fingerprint density at radius 2 is 2.05 bits per heavy atom. The Morgan fingerprint density at radius 3 is 2.67 bits per heavy atom. The number of carboxylic acids is 1. The molecule has 1 aliphatic carbocycles. The minimum atomic E-state index is -0.875. The fraction of sp³-hybridized carbons (Fsp3) is 0.500. The Morgan fingerprint density at radius 1 is 1.33 bits per heavy atom. The van der Waals surface area contributed by atoms with Crippen molar-refractivity contribution in [2.75, 3.05) is 6.61 Å². The first-order valence-corrected chi connectivity index (χ1v) is 7.32. The molecule has 0 spiro atoms. The number of benzene rings is 1. The van der Waals surface area contributed by atoms with Gasteiger partial charge in [0.1, 0.15) is 5.75 Å². The standard InChI is InChI=1S/C16H21NO4/c1-2-21-13-7-5-6-12(10-13)15(20)17-16(11-14(18)19)8-3-4-9-16/h5-7,10H,2-4,8-9,11H2,1H3,(H,17,20)(H,18,19). The van der Waals surface area contributed by atoms with Crippen molar-refractivity contribution in [2.24, 2.45) is 0 Å². The van der Waals surface area contributed by atoms with Crippen LogP contribution in [0.25, 0.3) is 0 Å². The zero-order valence-electron chi connectivity index (χ0n) is 12.2. The maximum atomic E-state index is 12.4. The summed E-state index contributed by atoms with van der Waals surface area (Å²) in [5.41, 5.74) is -0.109. The van der Waals surface area contributed by atoms with E-state index in [9.17, 15) is 9.59 Å². The summed E-state index contributed by atoms with van der Waals surface area (Å²) in [5, 5.41) is 12.0. The van der Waals surface area contributed by atoms with Crippen molar-refractivity contribution in [3.8, 4) is 5.75 Å². The summed E-state index contributed by atoms with van der Waals surface area (Å²) < 4.78 is 5.38. The fourth-order valence-corrected chi connectivity index (χ4v) is 2.89. The number of amides is 1. The van der Waals surface area contributed by atoms with Crippen molar-refractivity contribution in [2.45, 2.75) is 44.6 Å². The maximum Gasteiger partial charge on any atom is 0.305 e. The molecular weight excluding hydrogens is 270 g/mol. The molecule has 114 valence electrons. The van der Waals surface area contributed by atoms with Crippen LogP contribution in [0.3, 0.4) is 0 Å². The van der Waals surface area contributed by atoms with E-state index in [1.165, 1.54) is 0 Å². The molecular formula is C16H21NO4. The molecule has 0 aromatic heterocycles. The van der Waals surface area contributed by atoms with E-state index in [0.29, 0.717) is 17.9 Å². The molecule has 2 rings (SSSR count). The third kappa shape index (κ3) is 3.97. The number of rotatable bonds is 6. The molecule has 0 heterocycles. The van der Waals surface area contributed by atoms with Gasteiger partial charge in [-0.05, 0) is 38.0 Å². The van der Waals surface area contributed by atoms with Gasteiger partial charge in [0, 0.05) is 5.56 Å². The maximum absolute atomic E-state index is 12.4. The van der Waals surface area contributed by atoms with E-state index >= 15 is 0 Å². The van der Waals surface area contributed by atoms with Gasteiger partial charge in [-0.3, -0.25) is 9.59 Å². The zero-order valence-corrected chi connectivity index (χ0v) is 12.2. The normalized spacial score (nSPS) is 16.4. The number of aliphatic carboxylic acids is 1. The van der Waals surface area contributed by atoms with Gasteiger partial charge < -0.3 is 15.2 Å². The van der Waals surface area contributed by atoms with E-state index in [2.05, 4.69) is 5.32 Å². The minimum Gasteiger partial charge on any atom is -0.494 e. The van der Waals surface area contributed by atoms with Crippen molar-refractivity contribution in [3.63, 3.8) is 0 Å². The average Bonchev–Trinajstić information content (AvgIpc) is 2.86. The second-order valence-corrected chi connectivity index (χ2v) is 5.47. The molecule has 0 aliphatic heterocycles. The molecule has 21 heavy (non-hydrogen) atoms. The Bertz CT molecular complexity index is 521. The summed E-state index contributed by atoms with van der Waals surface area (Å²) in [4.78, 5) is 23.4. The van der Waals surface area contributed by atoms with E-state index in [4.69, 9.17) is 9.84 Å². The molecule has 1 fully saturated rings. The number of carbonyl (C=O) groups excluding carboxylic acids is 1. The van der Waals surface area contributed by atoms with Crippen LogP contribution in [0.15, 0.2) is 24.3 Å². The van der Waals surface area contributed by atoms with Crippen LogP contribution in [-0.2, 0) is 4.79 Å².